The molecule has 29 heavy (non-hydrogen) atoms. The van der Waals surface area contributed by atoms with Crippen molar-refractivity contribution < 1.29 is 4.79 Å². The van der Waals surface area contributed by atoms with Gasteiger partial charge < -0.3 is 10.6 Å². The lowest BCUT2D eigenvalue weighted by atomic mass is 10.2. The van der Waals surface area contributed by atoms with Gasteiger partial charge in [0.1, 0.15) is 0 Å². The molecule has 0 saturated carbocycles. The molecule has 2 N–H and O–H groups in total. The van der Waals surface area contributed by atoms with Crippen LogP contribution in [0.3, 0.4) is 0 Å². The predicted octanol–water partition coefficient (Wildman–Crippen LogP) is 4.91. The van der Waals surface area contributed by atoms with Crippen molar-refractivity contribution in [3.05, 3.63) is 46.2 Å². The summed E-state index contributed by atoms with van der Waals surface area (Å²) in [4.78, 5) is 15.4. The van der Waals surface area contributed by atoms with E-state index >= 15 is 0 Å². The summed E-state index contributed by atoms with van der Waals surface area (Å²) in [7, 11) is 0. The molecule has 1 saturated heterocycles. The van der Waals surface area contributed by atoms with Crippen LogP contribution in [0.25, 0.3) is 0 Å². The second-order valence-corrected chi connectivity index (χ2v) is 10.7. The minimum Gasteiger partial charge on any atom is -0.395 e. The number of thioether (sulfide) groups is 2. The zero-order valence-electron chi connectivity index (χ0n) is 17.2. The predicted molar refractivity (Wildman–Crippen MR) is 126 cm³/mol. The maximum Gasteiger partial charge on any atom is 0.276 e. The largest absolute Gasteiger partial charge is 0.395 e. The molecule has 0 radical (unpaired) electrons. The number of nitrogen functional groups attached to an aromatic ring is 1. The molecule has 0 aliphatic carbocycles. The number of nitrogens with zero attached hydrogens (tertiary/aromatic N) is 3. The lowest BCUT2D eigenvalue weighted by molar-refractivity contribution is 0.0740. The topological polar surface area (TPSA) is 64.2 Å². The lowest BCUT2D eigenvalue weighted by Crippen LogP contribution is -2.41. The Kier molecular flexibility index (Phi) is 7.82. The zero-order chi connectivity index (χ0) is 21.0. The average Bonchev–Trinajstić information content (AvgIpc) is 3.30. The van der Waals surface area contributed by atoms with Crippen LogP contribution in [0.2, 0.25) is 5.02 Å². The summed E-state index contributed by atoms with van der Waals surface area (Å²) in [6.45, 7) is 7.60. The minimum absolute atomic E-state index is 0.0404. The van der Waals surface area contributed by atoms with E-state index in [0.29, 0.717) is 27.5 Å². The summed E-state index contributed by atoms with van der Waals surface area (Å²) in [5, 5.41) is 5.31. The third-order valence-corrected chi connectivity index (χ3v) is 8.26. The second kappa shape index (κ2) is 10.1. The first-order valence-corrected chi connectivity index (χ1v) is 12.5. The third kappa shape index (κ3) is 5.06. The Morgan fingerprint density at radius 2 is 1.93 bits per heavy atom. The number of likely N-dealkylation sites (tertiary alicyclic amines) is 1. The van der Waals surface area contributed by atoms with E-state index in [2.05, 4.69) is 18.9 Å². The van der Waals surface area contributed by atoms with Crippen LogP contribution in [0.15, 0.2) is 24.3 Å². The molecular weight excluding hydrogens is 424 g/mol. The van der Waals surface area contributed by atoms with Crippen molar-refractivity contribution in [1.82, 2.24) is 14.7 Å². The SMILES string of the molecule is CCSC(SCC)[C@@H]1CCCN1C(=O)c1nn(Cc2ccc(Cl)cc2)c(C)c1N. The fraction of sp³-hybridized carbons (Fsp3) is 0.524. The normalized spacial score (nSPS) is 16.7. The number of aromatic nitrogens is 2. The van der Waals surface area contributed by atoms with Gasteiger partial charge in [-0.25, -0.2) is 0 Å². The van der Waals surface area contributed by atoms with Gasteiger partial charge in [-0.3, -0.25) is 9.48 Å². The first-order valence-electron chi connectivity index (χ1n) is 10.1. The number of nitrogens with two attached hydrogens (primary N) is 1. The minimum atomic E-state index is -0.0404. The molecule has 5 nitrogen and oxygen atoms in total. The second-order valence-electron chi connectivity index (χ2n) is 7.12. The number of hydrogen-bond acceptors (Lipinski definition) is 5. The Balaban J connectivity index is 1.82. The molecule has 1 fully saturated rings. The van der Waals surface area contributed by atoms with Crippen LogP contribution in [-0.4, -0.2) is 49.3 Å². The standard InChI is InChI=1S/C21H29ClN4OS2/c1-4-28-21(29-5-2)17-7-6-12-25(17)20(27)19-18(23)14(3)26(24-19)13-15-8-10-16(22)11-9-15/h8-11,17,21H,4-7,12-13,23H2,1-3H3/t17-/m0/s1. The van der Waals surface area contributed by atoms with Crippen molar-refractivity contribution in [2.45, 2.75) is 50.8 Å². The molecule has 8 heteroatoms. The molecular formula is C21H29ClN4OS2. The van der Waals surface area contributed by atoms with Crippen molar-refractivity contribution in [3.63, 3.8) is 0 Å². The molecule has 1 amide bonds. The summed E-state index contributed by atoms with van der Waals surface area (Å²) in [6.07, 6.45) is 2.08. The monoisotopic (exact) mass is 452 g/mol. The summed E-state index contributed by atoms with van der Waals surface area (Å²) in [5.41, 5.74) is 9.08. The van der Waals surface area contributed by atoms with E-state index in [-0.39, 0.29) is 11.9 Å². The molecule has 0 bridgehead atoms. The van der Waals surface area contributed by atoms with E-state index in [9.17, 15) is 4.79 Å². The number of hydrogen-bond donors (Lipinski definition) is 1. The van der Waals surface area contributed by atoms with Crippen molar-refractivity contribution in [1.29, 1.82) is 0 Å². The van der Waals surface area contributed by atoms with Gasteiger partial charge in [0.05, 0.1) is 28.5 Å². The molecule has 2 heterocycles. The highest BCUT2D eigenvalue weighted by atomic mass is 35.5. The van der Waals surface area contributed by atoms with Gasteiger partial charge >= 0.3 is 0 Å². The molecule has 0 spiro atoms. The van der Waals surface area contributed by atoms with E-state index in [1.807, 2.05) is 64.3 Å². The van der Waals surface area contributed by atoms with Gasteiger partial charge in [0.2, 0.25) is 0 Å². The summed E-state index contributed by atoms with van der Waals surface area (Å²) in [5.74, 6) is 2.06. The highest BCUT2D eigenvalue weighted by molar-refractivity contribution is 8.17. The highest BCUT2D eigenvalue weighted by Crippen LogP contribution is 2.36. The number of halogens is 1. The summed E-state index contributed by atoms with van der Waals surface area (Å²) < 4.78 is 2.21. The highest BCUT2D eigenvalue weighted by Gasteiger charge is 2.37. The molecule has 1 aromatic heterocycles. The van der Waals surface area contributed by atoms with Crippen LogP contribution in [0.5, 0.6) is 0 Å². The van der Waals surface area contributed by atoms with E-state index in [4.69, 9.17) is 17.3 Å². The number of amides is 1. The van der Waals surface area contributed by atoms with Crippen LogP contribution < -0.4 is 5.73 Å². The van der Waals surface area contributed by atoms with Crippen LogP contribution in [0.1, 0.15) is 48.4 Å². The Bertz CT molecular complexity index is 834. The van der Waals surface area contributed by atoms with E-state index in [1.54, 1.807) is 0 Å². The molecule has 158 valence electrons. The molecule has 1 aliphatic rings. The quantitative estimate of drug-likeness (QED) is 0.576. The first-order chi connectivity index (χ1) is 14.0. The van der Waals surface area contributed by atoms with Gasteiger partial charge in [0.25, 0.3) is 5.91 Å². The number of carbonyl (C=O) groups is 1. The van der Waals surface area contributed by atoms with E-state index in [1.165, 1.54) is 0 Å². The van der Waals surface area contributed by atoms with Crippen LogP contribution >= 0.6 is 35.1 Å². The van der Waals surface area contributed by atoms with Gasteiger partial charge in [-0.15, -0.1) is 23.5 Å². The van der Waals surface area contributed by atoms with Crippen LogP contribution in [0, 0.1) is 6.92 Å². The number of benzene rings is 1. The Morgan fingerprint density at radius 3 is 2.55 bits per heavy atom. The van der Waals surface area contributed by atoms with Crippen molar-refractivity contribution in [2.24, 2.45) is 0 Å². The first kappa shape index (κ1) is 22.4. The van der Waals surface area contributed by atoms with Gasteiger partial charge in [-0.2, -0.15) is 5.10 Å². The lowest BCUT2D eigenvalue weighted by Gasteiger charge is -2.30. The molecule has 2 aromatic rings. The molecule has 0 unspecified atom stereocenters. The van der Waals surface area contributed by atoms with Crippen molar-refractivity contribution >= 4 is 46.7 Å². The fourth-order valence-corrected chi connectivity index (χ4v) is 6.69. The summed E-state index contributed by atoms with van der Waals surface area (Å²) in [6, 6.07) is 7.88. The van der Waals surface area contributed by atoms with E-state index < -0.39 is 0 Å². The maximum atomic E-state index is 13.4. The van der Waals surface area contributed by atoms with Gasteiger partial charge in [0.15, 0.2) is 5.69 Å². The Labute approximate surface area is 186 Å². The number of carbonyl (C=O) groups excluding carboxylic acids is 1. The van der Waals surface area contributed by atoms with Crippen LogP contribution in [-0.2, 0) is 6.54 Å². The van der Waals surface area contributed by atoms with Gasteiger partial charge in [-0.1, -0.05) is 37.6 Å². The van der Waals surface area contributed by atoms with Gasteiger partial charge in [0, 0.05) is 11.6 Å². The van der Waals surface area contributed by atoms with Crippen molar-refractivity contribution in [2.75, 3.05) is 23.8 Å². The molecule has 1 aromatic carbocycles. The molecule has 1 aliphatic heterocycles. The number of anilines is 1. The fourth-order valence-electron chi connectivity index (χ4n) is 3.70. The van der Waals surface area contributed by atoms with Crippen LogP contribution in [0.4, 0.5) is 5.69 Å². The zero-order valence-corrected chi connectivity index (χ0v) is 19.6. The maximum absolute atomic E-state index is 13.4. The van der Waals surface area contributed by atoms with Crippen molar-refractivity contribution in [3.8, 4) is 0 Å². The third-order valence-electron chi connectivity index (χ3n) is 5.24. The Hall–Kier alpha value is -1.31. The average molecular weight is 453 g/mol. The molecule has 1 atom stereocenters. The number of rotatable bonds is 8. The molecule has 3 rings (SSSR count). The van der Waals surface area contributed by atoms with Gasteiger partial charge in [-0.05, 0) is 49.0 Å². The Morgan fingerprint density at radius 1 is 1.28 bits per heavy atom. The van der Waals surface area contributed by atoms with E-state index in [0.717, 1.165) is 42.1 Å². The summed E-state index contributed by atoms with van der Waals surface area (Å²) >= 11 is 9.84. The smallest absolute Gasteiger partial charge is 0.276 e.